The third-order valence-electron chi connectivity index (χ3n) is 2.80. The second-order valence-electron chi connectivity index (χ2n) is 4.11. The van der Waals surface area contributed by atoms with E-state index in [9.17, 15) is 14.9 Å². The Morgan fingerprint density at radius 2 is 2.00 bits per heavy atom. The van der Waals surface area contributed by atoms with Gasteiger partial charge in [-0.05, 0) is 6.07 Å². The number of nitrogens with zero attached hydrogens (tertiary/aromatic N) is 2. The number of nitro benzene ring substituents is 1. The van der Waals surface area contributed by atoms with Crippen LogP contribution in [0.25, 0.3) is 0 Å². The molecule has 0 unspecified atom stereocenters. The normalized spacial score (nSPS) is 15.4. The third kappa shape index (κ3) is 2.57. The zero-order valence-corrected chi connectivity index (χ0v) is 9.76. The zero-order chi connectivity index (χ0) is 13.1. The highest BCUT2D eigenvalue weighted by Gasteiger charge is 2.20. The number of rotatable bonds is 2. The number of carbonyl (C=O) groups is 1. The summed E-state index contributed by atoms with van der Waals surface area (Å²) in [5.74, 6) is -0.216. The Morgan fingerprint density at radius 1 is 1.33 bits per heavy atom. The van der Waals surface area contributed by atoms with Crippen LogP contribution in [0.1, 0.15) is 10.4 Å². The summed E-state index contributed by atoms with van der Waals surface area (Å²) < 4.78 is 0. The molecule has 0 atom stereocenters. The van der Waals surface area contributed by atoms with Crippen LogP contribution in [-0.2, 0) is 0 Å². The molecular weight excluding hydrogens is 236 g/mol. The monoisotopic (exact) mass is 250 g/mol. The van der Waals surface area contributed by atoms with Gasteiger partial charge in [-0.1, -0.05) is 0 Å². The van der Waals surface area contributed by atoms with Crippen molar-refractivity contribution in [3.8, 4) is 0 Å². The summed E-state index contributed by atoms with van der Waals surface area (Å²) in [6.07, 6.45) is 0. The number of amides is 1. The number of hydrogen-bond donors (Lipinski definition) is 2. The van der Waals surface area contributed by atoms with Gasteiger partial charge in [-0.2, -0.15) is 0 Å². The van der Waals surface area contributed by atoms with Gasteiger partial charge in [-0.25, -0.2) is 0 Å². The fraction of sp³-hybridized carbons (Fsp3) is 0.364. The van der Waals surface area contributed by atoms with Gasteiger partial charge in [0.15, 0.2) is 0 Å². The summed E-state index contributed by atoms with van der Waals surface area (Å²) in [6.45, 7) is 2.66. The number of hydrogen-bond acceptors (Lipinski definition) is 5. The lowest BCUT2D eigenvalue weighted by molar-refractivity contribution is -0.384. The average Bonchev–Trinajstić information content (AvgIpc) is 2.38. The number of piperazine rings is 1. The molecule has 0 aromatic heterocycles. The Balaban J connectivity index is 2.26. The summed E-state index contributed by atoms with van der Waals surface area (Å²) >= 11 is 0. The van der Waals surface area contributed by atoms with Gasteiger partial charge in [0.05, 0.1) is 4.92 Å². The van der Waals surface area contributed by atoms with E-state index < -0.39 is 4.92 Å². The van der Waals surface area contributed by atoms with E-state index in [4.69, 9.17) is 5.73 Å². The maximum atomic E-state index is 12.1. The lowest BCUT2D eigenvalue weighted by atomic mass is 10.1. The second kappa shape index (κ2) is 5.01. The molecule has 3 N–H and O–H groups in total. The first-order valence-electron chi connectivity index (χ1n) is 5.63. The molecule has 0 saturated carbocycles. The number of carbonyl (C=O) groups excluding carboxylic acids is 1. The highest BCUT2D eigenvalue weighted by Crippen LogP contribution is 2.20. The van der Waals surface area contributed by atoms with Crippen molar-refractivity contribution < 1.29 is 9.72 Å². The first-order valence-corrected chi connectivity index (χ1v) is 5.63. The van der Waals surface area contributed by atoms with Crippen LogP contribution in [0.2, 0.25) is 0 Å². The third-order valence-corrected chi connectivity index (χ3v) is 2.80. The van der Waals surface area contributed by atoms with Crippen molar-refractivity contribution in [3.05, 3.63) is 33.9 Å². The van der Waals surface area contributed by atoms with Gasteiger partial charge < -0.3 is 16.0 Å². The number of nitrogens with two attached hydrogens (primary N) is 1. The molecule has 1 aliphatic heterocycles. The van der Waals surface area contributed by atoms with E-state index in [-0.39, 0.29) is 22.8 Å². The van der Waals surface area contributed by atoms with Crippen LogP contribution < -0.4 is 11.1 Å². The van der Waals surface area contributed by atoms with Crippen LogP contribution in [0.5, 0.6) is 0 Å². The van der Waals surface area contributed by atoms with Gasteiger partial charge in [0.25, 0.3) is 11.6 Å². The first-order chi connectivity index (χ1) is 8.58. The van der Waals surface area contributed by atoms with E-state index >= 15 is 0 Å². The van der Waals surface area contributed by atoms with E-state index in [1.807, 2.05) is 0 Å². The van der Waals surface area contributed by atoms with Gasteiger partial charge in [-0.3, -0.25) is 14.9 Å². The molecule has 1 aromatic rings. The molecule has 18 heavy (non-hydrogen) atoms. The summed E-state index contributed by atoms with van der Waals surface area (Å²) in [6, 6.07) is 3.98. The highest BCUT2D eigenvalue weighted by molar-refractivity contribution is 5.96. The minimum absolute atomic E-state index is 0.159. The molecule has 7 nitrogen and oxygen atoms in total. The second-order valence-corrected chi connectivity index (χ2v) is 4.11. The van der Waals surface area contributed by atoms with Crippen LogP contribution in [0.4, 0.5) is 11.4 Å². The van der Waals surface area contributed by atoms with Crippen molar-refractivity contribution in [2.75, 3.05) is 31.9 Å². The van der Waals surface area contributed by atoms with Gasteiger partial charge in [0.2, 0.25) is 0 Å². The Hall–Kier alpha value is -2.15. The van der Waals surface area contributed by atoms with Crippen LogP contribution in [-0.4, -0.2) is 41.9 Å². The minimum Gasteiger partial charge on any atom is -0.399 e. The van der Waals surface area contributed by atoms with E-state index in [2.05, 4.69) is 5.32 Å². The van der Waals surface area contributed by atoms with Gasteiger partial charge in [-0.15, -0.1) is 0 Å². The number of benzene rings is 1. The average molecular weight is 250 g/mol. The van der Waals surface area contributed by atoms with E-state index in [0.717, 1.165) is 13.1 Å². The fourth-order valence-corrected chi connectivity index (χ4v) is 1.91. The SMILES string of the molecule is Nc1cc(C(=O)N2CCNCC2)cc([N+](=O)[O-])c1. The van der Waals surface area contributed by atoms with Gasteiger partial charge >= 0.3 is 0 Å². The Morgan fingerprint density at radius 3 is 2.61 bits per heavy atom. The summed E-state index contributed by atoms with van der Waals surface area (Å²) in [5, 5.41) is 13.9. The standard InChI is InChI=1S/C11H14N4O3/c12-9-5-8(6-10(7-9)15(17)18)11(16)14-3-1-13-2-4-14/h5-7,13H,1-4,12H2. The number of nitro groups is 1. The maximum Gasteiger partial charge on any atom is 0.272 e. The largest absolute Gasteiger partial charge is 0.399 e. The Kier molecular flexibility index (Phi) is 3.42. The van der Waals surface area contributed by atoms with Crippen LogP contribution in [0, 0.1) is 10.1 Å². The molecule has 1 fully saturated rings. The lowest BCUT2D eigenvalue weighted by Crippen LogP contribution is -2.46. The molecular formula is C11H14N4O3. The van der Waals surface area contributed by atoms with E-state index in [0.29, 0.717) is 13.1 Å². The first kappa shape index (κ1) is 12.3. The molecule has 0 bridgehead atoms. The van der Waals surface area contributed by atoms with Crippen molar-refractivity contribution in [1.29, 1.82) is 0 Å². The quantitative estimate of drug-likeness (QED) is 0.444. The Bertz CT molecular complexity index is 483. The molecule has 1 aliphatic rings. The molecule has 96 valence electrons. The van der Waals surface area contributed by atoms with Crippen molar-refractivity contribution >= 4 is 17.3 Å². The highest BCUT2D eigenvalue weighted by atomic mass is 16.6. The lowest BCUT2D eigenvalue weighted by Gasteiger charge is -2.27. The van der Waals surface area contributed by atoms with E-state index in [1.165, 1.54) is 18.2 Å². The van der Waals surface area contributed by atoms with Crippen LogP contribution in [0.15, 0.2) is 18.2 Å². The molecule has 0 spiro atoms. The molecule has 0 aliphatic carbocycles. The predicted molar refractivity (Wildman–Crippen MR) is 66.3 cm³/mol. The van der Waals surface area contributed by atoms with Crippen molar-refractivity contribution in [1.82, 2.24) is 10.2 Å². The molecule has 0 radical (unpaired) electrons. The molecule has 1 heterocycles. The number of anilines is 1. The topological polar surface area (TPSA) is 102 Å². The summed E-state index contributed by atoms with van der Waals surface area (Å²) in [4.78, 5) is 24.0. The van der Waals surface area contributed by atoms with Crippen LogP contribution >= 0.6 is 0 Å². The number of nitrogen functional groups attached to an aromatic ring is 1. The Labute approximate surface area is 104 Å². The fourth-order valence-electron chi connectivity index (χ4n) is 1.91. The number of nitrogens with one attached hydrogen (secondary N) is 1. The van der Waals surface area contributed by atoms with Crippen molar-refractivity contribution in [2.24, 2.45) is 0 Å². The summed E-state index contributed by atoms with van der Waals surface area (Å²) in [7, 11) is 0. The minimum atomic E-state index is -0.551. The van der Waals surface area contributed by atoms with Gasteiger partial charge in [0.1, 0.15) is 0 Å². The summed E-state index contributed by atoms with van der Waals surface area (Å²) in [5.41, 5.74) is 5.91. The van der Waals surface area contributed by atoms with Crippen molar-refractivity contribution in [3.63, 3.8) is 0 Å². The molecule has 1 amide bonds. The molecule has 1 aromatic carbocycles. The molecule has 1 saturated heterocycles. The van der Waals surface area contributed by atoms with Gasteiger partial charge in [0, 0.05) is 49.6 Å². The molecule has 7 heteroatoms. The zero-order valence-electron chi connectivity index (χ0n) is 9.76. The predicted octanol–water partition coefficient (Wildman–Crippen LogP) is 0.222. The maximum absolute atomic E-state index is 12.1. The van der Waals surface area contributed by atoms with E-state index in [1.54, 1.807) is 4.90 Å². The number of non-ortho nitro benzene ring substituents is 1. The molecule has 2 rings (SSSR count). The smallest absolute Gasteiger partial charge is 0.272 e. The van der Waals surface area contributed by atoms with Crippen LogP contribution in [0.3, 0.4) is 0 Å². The van der Waals surface area contributed by atoms with Crippen molar-refractivity contribution in [2.45, 2.75) is 0 Å².